The number of amides is 1. The molecule has 32 heavy (non-hydrogen) atoms. The molecule has 4 rings (SSSR count). The van der Waals surface area contributed by atoms with Crippen LogP contribution in [0, 0.1) is 0 Å². The van der Waals surface area contributed by atoms with Crippen molar-refractivity contribution in [2.24, 2.45) is 0 Å². The SMILES string of the molecule is O=C(O)c1ccc(CN(Cc2ccccc2)C(=O)c2ccc(Cn3ccnc3)cc2)cc1. The minimum atomic E-state index is -0.968. The number of nitrogens with zero attached hydrogens (tertiary/aromatic N) is 3. The number of hydrogen-bond donors (Lipinski definition) is 1. The Labute approximate surface area is 186 Å². The Balaban J connectivity index is 1.54. The first kappa shape index (κ1) is 21.1. The van der Waals surface area contributed by atoms with E-state index in [0.717, 1.165) is 16.7 Å². The molecule has 0 aliphatic rings. The first-order valence-electron chi connectivity index (χ1n) is 10.3. The van der Waals surface area contributed by atoms with Crippen molar-refractivity contribution in [3.63, 3.8) is 0 Å². The van der Waals surface area contributed by atoms with Crippen LogP contribution in [-0.4, -0.2) is 31.4 Å². The molecule has 0 saturated heterocycles. The maximum absolute atomic E-state index is 13.4. The highest BCUT2D eigenvalue weighted by atomic mass is 16.4. The first-order chi connectivity index (χ1) is 15.6. The van der Waals surface area contributed by atoms with Gasteiger partial charge in [0.1, 0.15) is 0 Å². The Bertz CT molecular complexity index is 1170. The van der Waals surface area contributed by atoms with Gasteiger partial charge < -0.3 is 14.6 Å². The summed E-state index contributed by atoms with van der Waals surface area (Å²) >= 11 is 0. The molecule has 160 valence electrons. The molecule has 0 aliphatic carbocycles. The number of hydrogen-bond acceptors (Lipinski definition) is 3. The summed E-state index contributed by atoms with van der Waals surface area (Å²) in [6.07, 6.45) is 5.40. The number of aromatic nitrogens is 2. The molecular formula is C26H23N3O3. The second kappa shape index (κ2) is 9.75. The zero-order valence-corrected chi connectivity index (χ0v) is 17.5. The summed E-state index contributed by atoms with van der Waals surface area (Å²) in [6.45, 7) is 1.53. The van der Waals surface area contributed by atoms with E-state index in [0.29, 0.717) is 25.2 Å². The van der Waals surface area contributed by atoms with E-state index in [1.165, 1.54) is 0 Å². The number of carbonyl (C=O) groups excluding carboxylic acids is 1. The lowest BCUT2D eigenvalue weighted by Gasteiger charge is -2.23. The smallest absolute Gasteiger partial charge is 0.335 e. The van der Waals surface area contributed by atoms with Gasteiger partial charge in [-0.15, -0.1) is 0 Å². The van der Waals surface area contributed by atoms with Gasteiger partial charge in [-0.1, -0.05) is 54.6 Å². The minimum Gasteiger partial charge on any atom is -0.478 e. The van der Waals surface area contributed by atoms with Gasteiger partial charge in [-0.2, -0.15) is 0 Å². The Morgan fingerprint density at radius 1 is 0.781 bits per heavy atom. The lowest BCUT2D eigenvalue weighted by Crippen LogP contribution is -2.30. The van der Waals surface area contributed by atoms with Crippen molar-refractivity contribution < 1.29 is 14.7 Å². The number of imidazole rings is 1. The molecule has 0 aliphatic heterocycles. The van der Waals surface area contributed by atoms with Crippen molar-refractivity contribution in [3.05, 3.63) is 125 Å². The maximum atomic E-state index is 13.4. The van der Waals surface area contributed by atoms with Crippen LogP contribution in [0.4, 0.5) is 0 Å². The summed E-state index contributed by atoms with van der Waals surface area (Å²) in [7, 11) is 0. The van der Waals surface area contributed by atoms with E-state index < -0.39 is 5.97 Å². The van der Waals surface area contributed by atoms with Gasteiger partial charge in [-0.05, 0) is 41.0 Å². The Hall–Kier alpha value is -4.19. The molecule has 0 bridgehead atoms. The molecule has 1 amide bonds. The number of rotatable bonds is 8. The molecule has 3 aromatic carbocycles. The molecule has 4 aromatic rings. The standard InChI is InChI=1S/C26H23N3O3/c30-25(23-10-6-21(7-11-23)16-28-15-14-27-19-28)29(17-20-4-2-1-3-5-20)18-22-8-12-24(13-9-22)26(31)32/h1-15,19H,16-18H2,(H,31,32). The van der Waals surface area contributed by atoms with Crippen LogP contribution in [-0.2, 0) is 19.6 Å². The van der Waals surface area contributed by atoms with Crippen LogP contribution < -0.4 is 0 Å². The predicted octanol–water partition coefficient (Wildman–Crippen LogP) is 4.47. The van der Waals surface area contributed by atoms with Crippen LogP contribution in [0.3, 0.4) is 0 Å². The van der Waals surface area contributed by atoms with Crippen molar-refractivity contribution in [1.29, 1.82) is 0 Å². The van der Waals surface area contributed by atoms with Gasteiger partial charge in [0.05, 0.1) is 11.9 Å². The number of carboxylic acid groups (broad SMARTS) is 1. The monoisotopic (exact) mass is 425 g/mol. The molecule has 1 heterocycles. The topological polar surface area (TPSA) is 75.4 Å². The number of aromatic carboxylic acids is 1. The third kappa shape index (κ3) is 5.29. The quantitative estimate of drug-likeness (QED) is 0.452. The van der Waals surface area contributed by atoms with Crippen LogP contribution in [0.2, 0.25) is 0 Å². The predicted molar refractivity (Wildman–Crippen MR) is 121 cm³/mol. The van der Waals surface area contributed by atoms with E-state index in [2.05, 4.69) is 4.98 Å². The average molecular weight is 425 g/mol. The van der Waals surface area contributed by atoms with Gasteiger partial charge in [0.15, 0.2) is 0 Å². The van der Waals surface area contributed by atoms with Crippen LogP contribution in [0.25, 0.3) is 0 Å². The largest absolute Gasteiger partial charge is 0.478 e. The highest BCUT2D eigenvalue weighted by Crippen LogP contribution is 2.16. The fourth-order valence-electron chi connectivity index (χ4n) is 3.50. The third-order valence-electron chi connectivity index (χ3n) is 5.20. The zero-order valence-electron chi connectivity index (χ0n) is 17.5. The lowest BCUT2D eigenvalue weighted by atomic mass is 10.1. The van der Waals surface area contributed by atoms with Gasteiger partial charge in [-0.3, -0.25) is 4.79 Å². The van der Waals surface area contributed by atoms with Crippen LogP contribution in [0.5, 0.6) is 0 Å². The second-order valence-electron chi connectivity index (χ2n) is 7.58. The normalized spacial score (nSPS) is 10.6. The van der Waals surface area contributed by atoms with E-state index >= 15 is 0 Å². The van der Waals surface area contributed by atoms with Gasteiger partial charge in [0.2, 0.25) is 0 Å². The molecule has 0 spiro atoms. The van der Waals surface area contributed by atoms with Crippen molar-refractivity contribution in [3.8, 4) is 0 Å². The molecule has 0 saturated carbocycles. The van der Waals surface area contributed by atoms with E-state index in [9.17, 15) is 9.59 Å². The molecule has 1 N–H and O–H groups in total. The van der Waals surface area contributed by atoms with Gasteiger partial charge in [0.25, 0.3) is 5.91 Å². The second-order valence-corrected chi connectivity index (χ2v) is 7.58. The van der Waals surface area contributed by atoms with E-state index in [1.54, 1.807) is 41.7 Å². The summed E-state index contributed by atoms with van der Waals surface area (Å²) in [5.74, 6) is -1.05. The molecule has 0 atom stereocenters. The Morgan fingerprint density at radius 2 is 1.38 bits per heavy atom. The summed E-state index contributed by atoms with van der Waals surface area (Å²) in [5.41, 5.74) is 3.81. The van der Waals surface area contributed by atoms with E-state index in [4.69, 9.17) is 5.11 Å². The molecule has 6 nitrogen and oxygen atoms in total. The molecular weight excluding hydrogens is 402 g/mol. The minimum absolute atomic E-state index is 0.0784. The Kier molecular flexibility index (Phi) is 6.41. The highest BCUT2D eigenvalue weighted by molar-refractivity contribution is 5.94. The van der Waals surface area contributed by atoms with E-state index in [1.807, 2.05) is 65.4 Å². The molecule has 0 radical (unpaired) electrons. The van der Waals surface area contributed by atoms with Gasteiger partial charge in [0, 0.05) is 37.6 Å². The lowest BCUT2D eigenvalue weighted by molar-refractivity contribution is 0.0693. The maximum Gasteiger partial charge on any atom is 0.335 e. The molecule has 0 fully saturated rings. The fourth-order valence-corrected chi connectivity index (χ4v) is 3.50. The number of carboxylic acids is 1. The molecule has 6 heteroatoms. The molecule has 0 unspecified atom stereocenters. The summed E-state index contributed by atoms with van der Waals surface area (Å²) < 4.78 is 1.97. The number of carbonyl (C=O) groups is 2. The number of benzene rings is 3. The van der Waals surface area contributed by atoms with Crippen LogP contribution in [0.15, 0.2) is 97.6 Å². The van der Waals surface area contributed by atoms with Crippen molar-refractivity contribution >= 4 is 11.9 Å². The fraction of sp³-hybridized carbons (Fsp3) is 0.115. The van der Waals surface area contributed by atoms with Crippen molar-refractivity contribution in [2.75, 3.05) is 0 Å². The summed E-state index contributed by atoms with van der Waals surface area (Å²) in [6, 6.07) is 24.1. The highest BCUT2D eigenvalue weighted by Gasteiger charge is 2.17. The first-order valence-corrected chi connectivity index (χ1v) is 10.3. The van der Waals surface area contributed by atoms with Crippen molar-refractivity contribution in [2.45, 2.75) is 19.6 Å². The van der Waals surface area contributed by atoms with E-state index in [-0.39, 0.29) is 11.5 Å². The van der Waals surface area contributed by atoms with Gasteiger partial charge >= 0.3 is 5.97 Å². The summed E-state index contributed by atoms with van der Waals surface area (Å²) in [4.78, 5) is 30.3. The van der Waals surface area contributed by atoms with Crippen LogP contribution in [0.1, 0.15) is 37.4 Å². The van der Waals surface area contributed by atoms with Crippen LogP contribution >= 0.6 is 0 Å². The summed E-state index contributed by atoms with van der Waals surface area (Å²) in [5, 5.41) is 9.12. The zero-order chi connectivity index (χ0) is 22.3. The van der Waals surface area contributed by atoms with Crippen molar-refractivity contribution in [1.82, 2.24) is 14.5 Å². The average Bonchev–Trinajstić information content (AvgIpc) is 3.33. The third-order valence-corrected chi connectivity index (χ3v) is 5.20. The Morgan fingerprint density at radius 3 is 1.97 bits per heavy atom. The van der Waals surface area contributed by atoms with Gasteiger partial charge in [-0.25, -0.2) is 9.78 Å². The molecule has 1 aromatic heterocycles.